The topological polar surface area (TPSA) is 17.1 Å². The van der Waals surface area contributed by atoms with Crippen LogP contribution >= 0.6 is 0 Å². The first-order chi connectivity index (χ1) is 4.34. The maximum atomic E-state index is 10.9. The summed E-state index contributed by atoms with van der Waals surface area (Å²) < 4.78 is 0. The Morgan fingerprint density at radius 2 is 2.56 bits per heavy atom. The number of Topliss-reactive ketones (excluding diaryl/α,β-unsaturated/α-hetero) is 1. The van der Waals surface area contributed by atoms with E-state index in [4.69, 9.17) is 0 Å². The van der Waals surface area contributed by atoms with Crippen LogP contribution in [0.25, 0.3) is 0 Å². The second-order valence-corrected chi connectivity index (χ2v) is 2.49. The first-order valence-corrected chi connectivity index (χ1v) is 3.54. The van der Waals surface area contributed by atoms with Crippen molar-refractivity contribution in [3.63, 3.8) is 0 Å². The molecule has 0 spiro atoms. The van der Waals surface area contributed by atoms with Gasteiger partial charge in [0.1, 0.15) is 5.78 Å². The molecule has 1 nitrogen and oxygen atoms in total. The van der Waals surface area contributed by atoms with E-state index in [-0.39, 0.29) is 5.92 Å². The van der Waals surface area contributed by atoms with Crippen molar-refractivity contribution in [2.24, 2.45) is 5.92 Å². The molecule has 50 valence electrons. The van der Waals surface area contributed by atoms with Gasteiger partial charge in [-0.3, -0.25) is 4.79 Å². The highest BCUT2D eigenvalue weighted by Gasteiger charge is 2.16. The molecule has 0 aliphatic heterocycles. The molecule has 0 heterocycles. The van der Waals surface area contributed by atoms with Crippen molar-refractivity contribution in [2.75, 3.05) is 0 Å². The normalized spacial score (nSPS) is 25.4. The van der Waals surface area contributed by atoms with Gasteiger partial charge in [-0.2, -0.15) is 0 Å². The van der Waals surface area contributed by atoms with Crippen LogP contribution in [0.4, 0.5) is 0 Å². The van der Waals surface area contributed by atoms with E-state index in [1.54, 1.807) is 0 Å². The predicted molar refractivity (Wildman–Crippen MR) is 37.2 cm³/mol. The first kappa shape index (κ1) is 6.53. The lowest BCUT2D eigenvalue weighted by molar-refractivity contribution is -0.120. The third-order valence-corrected chi connectivity index (χ3v) is 1.70. The maximum Gasteiger partial charge on any atom is 0.143 e. The number of allylic oxidation sites excluding steroid dienone is 2. The van der Waals surface area contributed by atoms with Gasteiger partial charge in [-0.1, -0.05) is 25.5 Å². The molecule has 0 saturated heterocycles. The van der Waals surface area contributed by atoms with Gasteiger partial charge in [-0.25, -0.2) is 0 Å². The van der Waals surface area contributed by atoms with Gasteiger partial charge in [-0.05, 0) is 6.42 Å². The zero-order chi connectivity index (χ0) is 6.69. The molecule has 0 aromatic rings. The van der Waals surface area contributed by atoms with Crippen LogP contribution in [-0.2, 0) is 4.79 Å². The molecule has 1 aliphatic rings. The van der Waals surface area contributed by atoms with Gasteiger partial charge in [0.25, 0.3) is 0 Å². The van der Waals surface area contributed by atoms with E-state index in [2.05, 4.69) is 6.92 Å². The smallest absolute Gasteiger partial charge is 0.143 e. The minimum Gasteiger partial charge on any atom is -0.299 e. The molecule has 0 amide bonds. The lowest BCUT2D eigenvalue weighted by Gasteiger charge is -2.00. The highest BCUT2D eigenvalue weighted by Crippen LogP contribution is 2.17. The fourth-order valence-electron chi connectivity index (χ4n) is 1.18. The number of carbonyl (C=O) groups excluding carboxylic acids is 1. The SMILES string of the molecule is CCCC1C=CCC1=O. The molecule has 0 N–H and O–H groups in total. The van der Waals surface area contributed by atoms with Crippen LogP contribution in [0.5, 0.6) is 0 Å². The second kappa shape index (κ2) is 2.81. The molecule has 0 radical (unpaired) electrons. The van der Waals surface area contributed by atoms with Gasteiger partial charge in [0.15, 0.2) is 0 Å². The van der Waals surface area contributed by atoms with Crippen LogP contribution in [0, 0.1) is 5.92 Å². The Hall–Kier alpha value is -0.590. The summed E-state index contributed by atoms with van der Waals surface area (Å²) in [6.45, 7) is 2.11. The Bertz CT molecular complexity index is 136. The molecule has 1 heteroatoms. The quantitative estimate of drug-likeness (QED) is 0.514. The Morgan fingerprint density at radius 1 is 1.78 bits per heavy atom. The number of rotatable bonds is 2. The second-order valence-electron chi connectivity index (χ2n) is 2.49. The minimum absolute atomic E-state index is 0.259. The molecule has 9 heavy (non-hydrogen) atoms. The van der Waals surface area contributed by atoms with E-state index in [0.717, 1.165) is 12.8 Å². The van der Waals surface area contributed by atoms with Crippen molar-refractivity contribution < 1.29 is 4.79 Å². The van der Waals surface area contributed by atoms with Gasteiger partial charge in [0.2, 0.25) is 0 Å². The molecule has 1 unspecified atom stereocenters. The van der Waals surface area contributed by atoms with E-state index in [0.29, 0.717) is 12.2 Å². The number of carbonyl (C=O) groups is 1. The molecular formula is C8H12O. The summed E-state index contributed by atoms with van der Waals surface area (Å²) in [6, 6.07) is 0. The van der Waals surface area contributed by atoms with Gasteiger partial charge < -0.3 is 0 Å². The van der Waals surface area contributed by atoms with Gasteiger partial charge in [-0.15, -0.1) is 0 Å². The van der Waals surface area contributed by atoms with Gasteiger partial charge in [0, 0.05) is 12.3 Å². The fourth-order valence-corrected chi connectivity index (χ4v) is 1.18. The summed E-state index contributed by atoms with van der Waals surface area (Å²) in [6.07, 6.45) is 6.83. The average Bonchev–Trinajstić information content (AvgIpc) is 2.18. The average molecular weight is 124 g/mol. The van der Waals surface area contributed by atoms with Crippen molar-refractivity contribution in [2.45, 2.75) is 26.2 Å². The Balaban J connectivity index is 2.40. The monoisotopic (exact) mass is 124 g/mol. The van der Waals surface area contributed by atoms with E-state index in [1.165, 1.54) is 0 Å². The molecule has 1 atom stereocenters. The standard InChI is InChI=1S/C8H12O/c1-2-4-7-5-3-6-8(7)9/h3,5,7H,2,4,6H2,1H3. The van der Waals surface area contributed by atoms with E-state index in [9.17, 15) is 4.79 Å². The van der Waals surface area contributed by atoms with Crippen molar-refractivity contribution in [3.8, 4) is 0 Å². The molecule has 0 aromatic heterocycles. The number of ketones is 1. The Labute approximate surface area is 55.8 Å². The first-order valence-electron chi connectivity index (χ1n) is 3.54. The van der Waals surface area contributed by atoms with Crippen LogP contribution in [0.3, 0.4) is 0 Å². The van der Waals surface area contributed by atoms with Gasteiger partial charge >= 0.3 is 0 Å². The van der Waals surface area contributed by atoms with Crippen molar-refractivity contribution in [1.29, 1.82) is 0 Å². The maximum absolute atomic E-state index is 10.9. The molecule has 1 aliphatic carbocycles. The van der Waals surface area contributed by atoms with Crippen LogP contribution in [-0.4, -0.2) is 5.78 Å². The molecule has 1 rings (SSSR count). The lowest BCUT2D eigenvalue weighted by atomic mass is 10.0. The lowest BCUT2D eigenvalue weighted by Crippen LogP contribution is -2.04. The van der Waals surface area contributed by atoms with Gasteiger partial charge in [0.05, 0.1) is 0 Å². The summed E-state index contributed by atoms with van der Waals surface area (Å²) >= 11 is 0. The zero-order valence-corrected chi connectivity index (χ0v) is 5.76. The summed E-state index contributed by atoms with van der Waals surface area (Å²) in [5.41, 5.74) is 0. The highest BCUT2D eigenvalue weighted by atomic mass is 16.1. The van der Waals surface area contributed by atoms with Crippen molar-refractivity contribution in [3.05, 3.63) is 12.2 Å². The third kappa shape index (κ3) is 1.41. The predicted octanol–water partition coefficient (Wildman–Crippen LogP) is 1.93. The summed E-state index contributed by atoms with van der Waals surface area (Å²) in [5, 5.41) is 0. The van der Waals surface area contributed by atoms with E-state index in [1.807, 2.05) is 12.2 Å². The third-order valence-electron chi connectivity index (χ3n) is 1.70. The molecule has 0 fully saturated rings. The number of hydrogen-bond donors (Lipinski definition) is 0. The van der Waals surface area contributed by atoms with E-state index < -0.39 is 0 Å². The Kier molecular flexibility index (Phi) is 2.04. The van der Waals surface area contributed by atoms with Crippen LogP contribution in [0.2, 0.25) is 0 Å². The van der Waals surface area contributed by atoms with E-state index >= 15 is 0 Å². The zero-order valence-electron chi connectivity index (χ0n) is 5.76. The highest BCUT2D eigenvalue weighted by molar-refractivity contribution is 5.86. The fraction of sp³-hybridized carbons (Fsp3) is 0.625. The molecular weight excluding hydrogens is 112 g/mol. The van der Waals surface area contributed by atoms with Crippen LogP contribution in [0.15, 0.2) is 12.2 Å². The molecule has 0 saturated carbocycles. The summed E-state index contributed by atoms with van der Waals surface area (Å²) in [4.78, 5) is 10.9. The van der Waals surface area contributed by atoms with Crippen molar-refractivity contribution >= 4 is 5.78 Å². The number of hydrogen-bond acceptors (Lipinski definition) is 1. The van der Waals surface area contributed by atoms with Crippen LogP contribution in [0.1, 0.15) is 26.2 Å². The largest absolute Gasteiger partial charge is 0.299 e. The summed E-state index contributed by atoms with van der Waals surface area (Å²) in [7, 11) is 0. The van der Waals surface area contributed by atoms with Crippen LogP contribution < -0.4 is 0 Å². The Morgan fingerprint density at radius 3 is 3.00 bits per heavy atom. The van der Waals surface area contributed by atoms with Crippen molar-refractivity contribution in [1.82, 2.24) is 0 Å². The minimum atomic E-state index is 0.259. The summed E-state index contributed by atoms with van der Waals surface area (Å²) in [5.74, 6) is 0.659. The molecule has 0 aromatic carbocycles. The molecule has 0 bridgehead atoms.